The first kappa shape index (κ1) is 16.6. The minimum absolute atomic E-state index is 0.0920. The molecule has 0 aliphatic heterocycles. The molecule has 4 aliphatic carbocycles. The lowest BCUT2D eigenvalue weighted by molar-refractivity contribution is -0.156. The summed E-state index contributed by atoms with van der Waals surface area (Å²) in [4.78, 5) is 23.4. The number of carbonyl (C=O) groups excluding carboxylic acids is 2. The Morgan fingerprint density at radius 1 is 1.12 bits per heavy atom. The van der Waals surface area contributed by atoms with Crippen LogP contribution in [0.3, 0.4) is 0 Å². The molecule has 0 amide bonds. The third-order valence-corrected chi connectivity index (χ3v) is 8.09. The average Bonchev–Trinajstić information content (AvgIpc) is 2.87. The summed E-state index contributed by atoms with van der Waals surface area (Å²) < 4.78 is 5.69. The van der Waals surface area contributed by atoms with Crippen molar-refractivity contribution in [2.24, 2.45) is 29.1 Å². The van der Waals surface area contributed by atoms with Crippen molar-refractivity contribution in [2.75, 3.05) is 0 Å². The number of hydrogen-bond donors (Lipinski definition) is 0. The van der Waals surface area contributed by atoms with Gasteiger partial charge in [-0.2, -0.15) is 0 Å². The van der Waals surface area contributed by atoms with Crippen LogP contribution < -0.4 is 0 Å². The second-order valence-corrected chi connectivity index (χ2v) is 8.98. The molecule has 4 aliphatic rings. The maximum Gasteiger partial charge on any atom is 0.302 e. The molecule has 0 radical (unpaired) electrons. The Bertz CT molecular complexity index is 610. The molecule has 4 heteroatoms. The smallest absolute Gasteiger partial charge is 0.302 e. The van der Waals surface area contributed by atoms with Crippen molar-refractivity contribution in [3.05, 3.63) is 10.6 Å². The Balaban J connectivity index is 1.59. The monoisotopic (exact) mass is 350 g/mol. The van der Waals surface area contributed by atoms with Crippen molar-refractivity contribution in [3.63, 3.8) is 0 Å². The van der Waals surface area contributed by atoms with E-state index in [1.807, 2.05) is 0 Å². The van der Waals surface area contributed by atoms with E-state index in [9.17, 15) is 9.59 Å². The number of rotatable bonds is 1. The number of halogens is 1. The van der Waals surface area contributed by atoms with Gasteiger partial charge in [-0.05, 0) is 74.2 Å². The number of ether oxygens (including phenoxy) is 1. The highest BCUT2D eigenvalue weighted by Gasteiger charge is 2.57. The zero-order valence-corrected chi connectivity index (χ0v) is 15.4. The quantitative estimate of drug-likeness (QED) is 0.648. The Hall–Kier alpha value is -0.830. The maximum absolute atomic E-state index is 12.0. The molecule has 0 aromatic rings. The SMILES string of the molecule is CC(=O)OC1CCC2C3CCC4=C(Cl)C(=O)CCC4C3CCC12C. The van der Waals surface area contributed by atoms with Gasteiger partial charge >= 0.3 is 5.97 Å². The van der Waals surface area contributed by atoms with E-state index >= 15 is 0 Å². The Kier molecular flexibility index (Phi) is 4.06. The zero-order chi connectivity index (χ0) is 17.1. The second-order valence-electron chi connectivity index (χ2n) is 8.60. The van der Waals surface area contributed by atoms with Crippen molar-refractivity contribution in [2.45, 2.75) is 71.3 Å². The van der Waals surface area contributed by atoms with Crippen LogP contribution in [-0.4, -0.2) is 17.9 Å². The summed E-state index contributed by atoms with van der Waals surface area (Å²) in [5.74, 6) is 2.55. The third kappa shape index (κ3) is 2.38. The largest absolute Gasteiger partial charge is 0.462 e. The molecule has 3 saturated carbocycles. The predicted molar refractivity (Wildman–Crippen MR) is 92.4 cm³/mol. The van der Waals surface area contributed by atoms with Gasteiger partial charge in [-0.25, -0.2) is 0 Å². The van der Waals surface area contributed by atoms with Gasteiger partial charge in [0.2, 0.25) is 0 Å². The van der Waals surface area contributed by atoms with Crippen LogP contribution in [0.1, 0.15) is 65.2 Å². The van der Waals surface area contributed by atoms with Crippen molar-refractivity contribution in [1.29, 1.82) is 0 Å². The average molecular weight is 351 g/mol. The van der Waals surface area contributed by atoms with Crippen molar-refractivity contribution >= 4 is 23.4 Å². The number of esters is 1. The summed E-state index contributed by atoms with van der Waals surface area (Å²) in [6, 6.07) is 0. The van der Waals surface area contributed by atoms with Crippen LogP contribution in [0, 0.1) is 29.1 Å². The minimum Gasteiger partial charge on any atom is -0.462 e. The van der Waals surface area contributed by atoms with Crippen molar-refractivity contribution in [3.8, 4) is 0 Å². The maximum atomic E-state index is 12.0. The summed E-state index contributed by atoms with van der Waals surface area (Å²) in [6.07, 6.45) is 8.33. The first-order chi connectivity index (χ1) is 11.4. The van der Waals surface area contributed by atoms with Crippen LogP contribution in [0.4, 0.5) is 0 Å². The highest BCUT2D eigenvalue weighted by atomic mass is 35.5. The molecule has 132 valence electrons. The number of hydrogen-bond acceptors (Lipinski definition) is 3. The summed E-state index contributed by atoms with van der Waals surface area (Å²) in [5, 5.41) is 0.558. The lowest BCUT2D eigenvalue weighted by Gasteiger charge is -2.53. The molecule has 4 rings (SSSR count). The van der Waals surface area contributed by atoms with Crippen molar-refractivity contribution in [1.82, 2.24) is 0 Å². The van der Waals surface area contributed by atoms with Crippen LogP contribution in [0.25, 0.3) is 0 Å². The van der Waals surface area contributed by atoms with Gasteiger partial charge in [-0.1, -0.05) is 18.5 Å². The molecule has 0 saturated heterocycles. The Morgan fingerprint density at radius 2 is 1.92 bits per heavy atom. The van der Waals surface area contributed by atoms with Gasteiger partial charge in [0.15, 0.2) is 5.78 Å². The standard InChI is InChI=1S/C20H27ClO3/c1-11(22)24-18-8-6-16-14-3-4-15-12(5-7-17(23)19(15)21)13(14)9-10-20(16,18)2/h12-14,16,18H,3-10H2,1-2H3. The summed E-state index contributed by atoms with van der Waals surface area (Å²) >= 11 is 6.36. The highest BCUT2D eigenvalue weighted by molar-refractivity contribution is 6.43. The van der Waals surface area contributed by atoms with Crippen LogP contribution in [0.15, 0.2) is 10.6 Å². The number of allylic oxidation sites excluding steroid dienone is 1. The lowest BCUT2D eigenvalue weighted by Crippen LogP contribution is -2.48. The van der Waals surface area contributed by atoms with E-state index in [2.05, 4.69) is 6.92 Å². The molecule has 0 N–H and O–H groups in total. The third-order valence-electron chi connectivity index (χ3n) is 7.63. The van der Waals surface area contributed by atoms with Gasteiger partial charge in [0.05, 0.1) is 5.03 Å². The predicted octanol–water partition coefficient (Wildman–Crippen LogP) is 4.63. The van der Waals surface area contributed by atoms with Gasteiger partial charge in [-0.3, -0.25) is 9.59 Å². The van der Waals surface area contributed by atoms with E-state index in [4.69, 9.17) is 16.3 Å². The number of ketones is 1. The van der Waals surface area contributed by atoms with E-state index in [0.29, 0.717) is 35.1 Å². The molecule has 3 fully saturated rings. The molecule has 3 nitrogen and oxygen atoms in total. The van der Waals surface area contributed by atoms with Gasteiger partial charge in [-0.15, -0.1) is 0 Å². The minimum atomic E-state index is -0.143. The first-order valence-corrected chi connectivity index (χ1v) is 9.88. The fourth-order valence-electron chi connectivity index (χ4n) is 6.58. The van der Waals surface area contributed by atoms with E-state index in [0.717, 1.165) is 32.1 Å². The normalized spacial score (nSPS) is 44.6. The van der Waals surface area contributed by atoms with E-state index < -0.39 is 0 Å². The number of carbonyl (C=O) groups is 2. The molecule has 0 aromatic carbocycles. The van der Waals surface area contributed by atoms with Gasteiger partial charge < -0.3 is 4.74 Å². The van der Waals surface area contributed by atoms with E-state index in [1.54, 1.807) is 0 Å². The molecular weight excluding hydrogens is 324 g/mol. The summed E-state index contributed by atoms with van der Waals surface area (Å²) in [7, 11) is 0. The number of fused-ring (bicyclic) bond motifs is 5. The van der Waals surface area contributed by atoms with E-state index in [1.165, 1.54) is 25.3 Å². The fourth-order valence-corrected chi connectivity index (χ4v) is 6.91. The Labute approximate surface area is 149 Å². The van der Waals surface area contributed by atoms with Crippen molar-refractivity contribution < 1.29 is 14.3 Å². The lowest BCUT2D eigenvalue weighted by atomic mass is 9.52. The van der Waals surface area contributed by atoms with Crippen LogP contribution in [-0.2, 0) is 14.3 Å². The zero-order valence-electron chi connectivity index (χ0n) is 14.6. The van der Waals surface area contributed by atoms with Gasteiger partial charge in [0.25, 0.3) is 0 Å². The fraction of sp³-hybridized carbons (Fsp3) is 0.800. The second kappa shape index (κ2) is 5.86. The molecule has 0 bridgehead atoms. The molecule has 0 aromatic heterocycles. The molecule has 24 heavy (non-hydrogen) atoms. The molecule has 6 unspecified atom stereocenters. The van der Waals surface area contributed by atoms with E-state index in [-0.39, 0.29) is 23.3 Å². The molecule has 0 heterocycles. The van der Waals surface area contributed by atoms with Gasteiger partial charge in [0.1, 0.15) is 6.10 Å². The topological polar surface area (TPSA) is 43.4 Å². The first-order valence-electron chi connectivity index (χ1n) is 9.50. The molecule has 0 spiro atoms. The number of Topliss-reactive ketones (excluding diaryl/α,β-unsaturated/α-hetero) is 1. The van der Waals surface area contributed by atoms with Gasteiger partial charge in [0, 0.05) is 18.8 Å². The van der Waals surface area contributed by atoms with Crippen LogP contribution in [0.5, 0.6) is 0 Å². The van der Waals surface area contributed by atoms with Crippen LogP contribution in [0.2, 0.25) is 0 Å². The summed E-state index contributed by atoms with van der Waals surface area (Å²) in [5.41, 5.74) is 1.40. The van der Waals surface area contributed by atoms with Crippen LogP contribution >= 0.6 is 11.6 Å². The Morgan fingerprint density at radius 3 is 2.67 bits per heavy atom. The molecular formula is C20H27ClO3. The molecule has 6 atom stereocenters. The highest BCUT2D eigenvalue weighted by Crippen LogP contribution is 2.62. The summed E-state index contributed by atoms with van der Waals surface area (Å²) in [6.45, 7) is 3.87.